The van der Waals surface area contributed by atoms with Crippen LogP contribution < -0.4 is 4.90 Å². The average molecular weight is 654 g/mol. The zero-order chi connectivity index (χ0) is 33.0. The van der Waals surface area contributed by atoms with Crippen molar-refractivity contribution in [2.24, 2.45) is 0 Å². The summed E-state index contributed by atoms with van der Waals surface area (Å²) in [6.45, 7) is 0. The van der Waals surface area contributed by atoms with Gasteiger partial charge in [-0.2, -0.15) is 0 Å². The topological polar surface area (TPSA) is 3.24 Å². The number of rotatable bonds is 5. The molecule has 1 aromatic heterocycles. The van der Waals surface area contributed by atoms with Gasteiger partial charge in [-0.05, 0) is 86.1 Å². The van der Waals surface area contributed by atoms with Crippen molar-refractivity contribution >= 4 is 80.9 Å². The first-order valence-corrected chi connectivity index (χ1v) is 17.9. The Bertz CT molecular complexity index is 2870. The molecule has 0 spiro atoms. The molecule has 2 heteroatoms. The number of hydrogen-bond acceptors (Lipinski definition) is 2. The maximum absolute atomic E-state index is 2.42. The lowest BCUT2D eigenvalue weighted by atomic mass is 9.95. The molecule has 0 bridgehead atoms. The van der Waals surface area contributed by atoms with Crippen LogP contribution in [0.3, 0.4) is 0 Å². The maximum Gasteiger partial charge on any atom is 0.0540 e. The monoisotopic (exact) mass is 653 g/mol. The first-order valence-electron chi connectivity index (χ1n) is 17.1. The van der Waals surface area contributed by atoms with Crippen LogP contribution in [0.4, 0.5) is 17.1 Å². The molecule has 0 aliphatic carbocycles. The predicted molar refractivity (Wildman–Crippen MR) is 217 cm³/mol. The van der Waals surface area contributed by atoms with Crippen LogP contribution in [0, 0.1) is 0 Å². The van der Waals surface area contributed by atoms with E-state index in [0.717, 1.165) is 17.1 Å². The Labute approximate surface area is 294 Å². The lowest BCUT2D eigenvalue weighted by Gasteiger charge is -2.28. The minimum absolute atomic E-state index is 1.11. The fourth-order valence-corrected chi connectivity index (χ4v) is 8.88. The van der Waals surface area contributed by atoms with Gasteiger partial charge in [-0.3, -0.25) is 0 Å². The van der Waals surface area contributed by atoms with Gasteiger partial charge in [0.05, 0.1) is 5.69 Å². The van der Waals surface area contributed by atoms with Crippen LogP contribution in [-0.4, -0.2) is 0 Å². The summed E-state index contributed by atoms with van der Waals surface area (Å²) in [5.74, 6) is 0. The number of hydrogen-bond donors (Lipinski definition) is 0. The fourth-order valence-electron chi connectivity index (χ4n) is 7.66. The summed E-state index contributed by atoms with van der Waals surface area (Å²) in [7, 11) is 0. The second-order valence-corrected chi connectivity index (χ2v) is 14.0. The van der Waals surface area contributed by atoms with Gasteiger partial charge in [0.2, 0.25) is 0 Å². The van der Waals surface area contributed by atoms with Crippen LogP contribution in [0.5, 0.6) is 0 Å². The van der Waals surface area contributed by atoms with E-state index in [1.54, 1.807) is 0 Å². The Morgan fingerprint density at radius 3 is 1.78 bits per heavy atom. The van der Waals surface area contributed by atoms with E-state index in [4.69, 9.17) is 0 Å². The van der Waals surface area contributed by atoms with Gasteiger partial charge < -0.3 is 4.90 Å². The Morgan fingerprint density at radius 2 is 0.940 bits per heavy atom. The number of benzene rings is 9. The molecule has 50 heavy (non-hydrogen) atoms. The molecule has 0 atom stereocenters. The number of anilines is 3. The lowest BCUT2D eigenvalue weighted by molar-refractivity contribution is 1.29. The van der Waals surface area contributed by atoms with Crippen molar-refractivity contribution in [3.63, 3.8) is 0 Å². The molecule has 0 saturated carbocycles. The molecule has 9 aromatic carbocycles. The third kappa shape index (κ3) is 4.69. The van der Waals surface area contributed by atoms with Crippen LogP contribution in [0.1, 0.15) is 0 Å². The van der Waals surface area contributed by atoms with Crippen molar-refractivity contribution < 1.29 is 0 Å². The van der Waals surface area contributed by atoms with Gasteiger partial charge in [-0.25, -0.2) is 0 Å². The largest absolute Gasteiger partial charge is 0.310 e. The molecular formula is C48H31NS. The van der Waals surface area contributed by atoms with Crippen molar-refractivity contribution in [1.82, 2.24) is 0 Å². The van der Waals surface area contributed by atoms with Gasteiger partial charge in [0.25, 0.3) is 0 Å². The van der Waals surface area contributed by atoms with E-state index in [1.807, 2.05) is 11.3 Å². The highest BCUT2D eigenvalue weighted by Crippen LogP contribution is 2.45. The summed E-state index contributed by atoms with van der Waals surface area (Å²) < 4.78 is 2.69. The van der Waals surface area contributed by atoms with E-state index in [9.17, 15) is 0 Å². The molecule has 10 aromatic rings. The molecule has 234 valence electrons. The Morgan fingerprint density at radius 1 is 0.340 bits per heavy atom. The number of fused-ring (bicyclic) bond motifs is 8. The van der Waals surface area contributed by atoms with Crippen molar-refractivity contribution in [1.29, 1.82) is 0 Å². The van der Waals surface area contributed by atoms with Crippen LogP contribution >= 0.6 is 11.3 Å². The summed E-state index contributed by atoms with van der Waals surface area (Å²) in [6, 6.07) is 68.7. The van der Waals surface area contributed by atoms with Crippen LogP contribution in [0.15, 0.2) is 188 Å². The lowest BCUT2D eigenvalue weighted by Crippen LogP contribution is -2.11. The molecule has 0 unspecified atom stereocenters. The normalized spacial score (nSPS) is 11.6. The molecule has 1 heterocycles. The SMILES string of the molecule is c1ccc(-c2ccccc2N(c2ccc(-c3cc4c5ccccc5sc4c4ccccc34)cc2)c2ccc3ccc4ccccc4c3c2)cc1. The van der Waals surface area contributed by atoms with Gasteiger partial charge >= 0.3 is 0 Å². The Hall–Kier alpha value is -6.22. The van der Waals surface area contributed by atoms with E-state index in [2.05, 4.69) is 193 Å². The van der Waals surface area contributed by atoms with E-state index in [0.29, 0.717) is 0 Å². The highest BCUT2D eigenvalue weighted by atomic mass is 32.1. The summed E-state index contributed by atoms with van der Waals surface area (Å²) in [6.07, 6.45) is 0. The molecule has 0 radical (unpaired) electrons. The van der Waals surface area contributed by atoms with Crippen LogP contribution in [-0.2, 0) is 0 Å². The number of para-hydroxylation sites is 1. The second-order valence-electron chi connectivity index (χ2n) is 12.9. The highest BCUT2D eigenvalue weighted by Gasteiger charge is 2.19. The maximum atomic E-state index is 2.42. The molecule has 0 aliphatic heterocycles. The van der Waals surface area contributed by atoms with Crippen molar-refractivity contribution in [3.8, 4) is 22.3 Å². The predicted octanol–water partition coefficient (Wildman–Crippen LogP) is 14.3. The quantitative estimate of drug-likeness (QED) is 0.167. The van der Waals surface area contributed by atoms with E-state index in [1.165, 1.54) is 74.7 Å². The minimum atomic E-state index is 1.11. The van der Waals surface area contributed by atoms with E-state index >= 15 is 0 Å². The van der Waals surface area contributed by atoms with Gasteiger partial charge in [-0.1, -0.05) is 146 Å². The smallest absolute Gasteiger partial charge is 0.0540 e. The summed E-state index contributed by atoms with van der Waals surface area (Å²) in [4.78, 5) is 2.42. The summed E-state index contributed by atoms with van der Waals surface area (Å²) in [5.41, 5.74) is 8.24. The zero-order valence-electron chi connectivity index (χ0n) is 27.3. The molecule has 0 saturated heterocycles. The van der Waals surface area contributed by atoms with Gasteiger partial charge in [0.1, 0.15) is 0 Å². The van der Waals surface area contributed by atoms with Crippen molar-refractivity contribution in [2.75, 3.05) is 4.90 Å². The number of nitrogens with zero attached hydrogens (tertiary/aromatic N) is 1. The first kappa shape index (κ1) is 28.8. The van der Waals surface area contributed by atoms with E-state index in [-0.39, 0.29) is 0 Å². The average Bonchev–Trinajstić information content (AvgIpc) is 3.57. The van der Waals surface area contributed by atoms with Gasteiger partial charge in [0, 0.05) is 42.5 Å². The Kier molecular flexibility index (Phi) is 6.75. The van der Waals surface area contributed by atoms with Crippen LogP contribution in [0.25, 0.3) is 74.7 Å². The molecule has 1 nitrogen and oxygen atoms in total. The zero-order valence-corrected chi connectivity index (χ0v) is 28.1. The van der Waals surface area contributed by atoms with E-state index < -0.39 is 0 Å². The molecule has 0 fully saturated rings. The van der Waals surface area contributed by atoms with Gasteiger partial charge in [-0.15, -0.1) is 11.3 Å². The van der Waals surface area contributed by atoms with Crippen molar-refractivity contribution in [3.05, 3.63) is 188 Å². The molecule has 10 rings (SSSR count). The minimum Gasteiger partial charge on any atom is -0.310 e. The molecular weight excluding hydrogens is 623 g/mol. The third-order valence-corrected chi connectivity index (χ3v) is 11.3. The molecule has 0 aliphatic rings. The number of thiophene rings is 1. The standard InChI is InChI=1S/C48H31NS/c1-2-12-32(13-3-1)39-16-8-10-20-46(39)49(37-29-26-34-23-22-33-14-4-5-15-38(33)43(34)30-37)36-27-24-35(25-28-36)44-31-45-41-18-9-11-21-47(41)50-48(45)42-19-7-6-17-40(42)44/h1-31H. The summed E-state index contributed by atoms with van der Waals surface area (Å²) >= 11 is 1.89. The molecule has 0 amide bonds. The van der Waals surface area contributed by atoms with Crippen LogP contribution in [0.2, 0.25) is 0 Å². The molecule has 0 N–H and O–H groups in total. The summed E-state index contributed by atoms with van der Waals surface area (Å²) in [5, 5.41) is 10.2. The Balaban J connectivity index is 1.18. The second kappa shape index (κ2) is 11.7. The van der Waals surface area contributed by atoms with Gasteiger partial charge in [0.15, 0.2) is 0 Å². The fraction of sp³-hybridized carbons (Fsp3) is 0. The van der Waals surface area contributed by atoms with Crippen molar-refractivity contribution in [2.45, 2.75) is 0 Å². The first-order chi connectivity index (χ1) is 24.8. The third-order valence-electron chi connectivity index (χ3n) is 10.0. The highest BCUT2D eigenvalue weighted by molar-refractivity contribution is 7.26.